The molecule has 0 spiro atoms. The van der Waals surface area contributed by atoms with E-state index in [0.717, 1.165) is 25.7 Å². The molecule has 8 heteroatoms. The first kappa shape index (κ1) is 24.5. The van der Waals surface area contributed by atoms with Crippen molar-refractivity contribution in [3.63, 3.8) is 0 Å². The Labute approximate surface area is 131 Å². The van der Waals surface area contributed by atoms with Crippen molar-refractivity contribution in [1.29, 1.82) is 0 Å². The van der Waals surface area contributed by atoms with E-state index in [4.69, 9.17) is 28.0 Å². The minimum Gasteiger partial charge on any atom is -0.540 e. The molecule has 0 saturated carbocycles. The quantitative estimate of drug-likeness (QED) is 0.195. The fourth-order valence-electron chi connectivity index (χ4n) is 1.20. The molecular weight excluding hydrogens is 312 g/mol. The van der Waals surface area contributed by atoms with Gasteiger partial charge in [0, 0.05) is 0 Å². The van der Waals surface area contributed by atoms with Gasteiger partial charge in [0.1, 0.15) is 6.04 Å². The molecule has 0 heterocycles. The molecule has 0 fully saturated rings. The summed E-state index contributed by atoms with van der Waals surface area (Å²) >= 11 is 0. The van der Waals surface area contributed by atoms with E-state index in [9.17, 15) is 9.59 Å². The molecule has 124 valence electrons. The van der Waals surface area contributed by atoms with Crippen LogP contribution in [0, 0.1) is 0 Å². The molecule has 0 radical (unpaired) electrons. The van der Waals surface area contributed by atoms with Crippen molar-refractivity contribution in [2.45, 2.75) is 50.6 Å². The van der Waals surface area contributed by atoms with Gasteiger partial charge < -0.3 is 32.8 Å². The molecule has 0 aromatic carbocycles. The van der Waals surface area contributed by atoms with E-state index in [1.807, 2.05) is 0 Å². The maximum absolute atomic E-state index is 10.1. The minimum absolute atomic E-state index is 0. The van der Waals surface area contributed by atoms with Crippen molar-refractivity contribution >= 4 is 12.3 Å². The molecule has 0 unspecified atom stereocenters. The molecule has 0 bridgehead atoms. The van der Waals surface area contributed by atoms with Crippen LogP contribution in [0.3, 0.4) is 0 Å². The monoisotopic (exact) mass is 338 g/mol. The largest absolute Gasteiger partial charge is 1.00 e. The first-order valence-electron chi connectivity index (χ1n) is 6.51. The molecule has 0 aromatic heterocycles. The van der Waals surface area contributed by atoms with Crippen LogP contribution in [0.1, 0.15) is 38.5 Å². The van der Waals surface area contributed by atoms with Crippen molar-refractivity contribution in [2.24, 2.45) is 22.9 Å². The standard InChI is InChI=1S/C6H14N2O2.C6H13N2O.Cu/c7-4-2-1-3-5(8)6(9)10;7-4-2-1-3-6(8)5-9;/h5H,1-4,7-8H2,(H,9,10);6H,1-4,7-8H2;/q;-1;+1/t5-;6-;/m00./s1. The number of unbranched alkanes of at least 4 members (excludes halogenated alkanes) is 2. The van der Waals surface area contributed by atoms with E-state index in [-0.39, 0.29) is 17.1 Å². The summed E-state index contributed by atoms with van der Waals surface area (Å²) in [6.45, 7) is 1.28. The second-order valence-electron chi connectivity index (χ2n) is 4.24. The molecule has 0 aliphatic carbocycles. The van der Waals surface area contributed by atoms with Crippen LogP contribution < -0.4 is 22.9 Å². The first-order chi connectivity index (χ1) is 8.99. The number of carboxylic acid groups (broad SMARTS) is 1. The van der Waals surface area contributed by atoms with E-state index in [1.165, 1.54) is 0 Å². The Morgan fingerprint density at radius 3 is 1.80 bits per heavy atom. The summed E-state index contributed by atoms with van der Waals surface area (Å²) in [5, 5.41) is 8.33. The Morgan fingerprint density at radius 1 is 1.00 bits per heavy atom. The molecule has 2 atom stereocenters. The number of carboxylic acids is 1. The summed E-state index contributed by atoms with van der Waals surface area (Å²) in [6, 6.07) is -1.12. The summed E-state index contributed by atoms with van der Waals surface area (Å²) in [5.41, 5.74) is 20.9. The van der Waals surface area contributed by atoms with Crippen LogP contribution in [0.15, 0.2) is 0 Å². The SMILES string of the molecule is NCCCC[C@H](N)C(=O)O.NCCCC[C@H](N)[C-]=O.[Cu+]. The second-order valence-corrected chi connectivity index (χ2v) is 4.24. The number of aliphatic carboxylic acids is 1. The van der Waals surface area contributed by atoms with Crippen LogP contribution >= 0.6 is 0 Å². The molecular formula is C12H27CuN4O3. The van der Waals surface area contributed by atoms with Gasteiger partial charge in [-0.3, -0.25) is 4.79 Å². The van der Waals surface area contributed by atoms with E-state index in [1.54, 1.807) is 6.29 Å². The molecule has 0 aliphatic rings. The fourth-order valence-corrected chi connectivity index (χ4v) is 1.20. The van der Waals surface area contributed by atoms with Gasteiger partial charge in [-0.05, 0) is 32.4 Å². The van der Waals surface area contributed by atoms with Crippen molar-refractivity contribution in [1.82, 2.24) is 0 Å². The maximum atomic E-state index is 10.1. The zero-order valence-electron chi connectivity index (χ0n) is 11.7. The van der Waals surface area contributed by atoms with Gasteiger partial charge >= 0.3 is 23.0 Å². The van der Waals surface area contributed by atoms with Crippen LogP contribution in [0.2, 0.25) is 0 Å². The molecule has 0 aliphatic heterocycles. The second kappa shape index (κ2) is 18.5. The van der Waals surface area contributed by atoms with Crippen LogP contribution in [0.25, 0.3) is 0 Å². The molecule has 20 heavy (non-hydrogen) atoms. The van der Waals surface area contributed by atoms with Crippen molar-refractivity contribution in [3.05, 3.63) is 0 Å². The molecule has 0 saturated heterocycles. The molecule has 0 aromatic rings. The number of rotatable bonds is 10. The average Bonchev–Trinajstić information content (AvgIpc) is 2.39. The summed E-state index contributed by atoms with van der Waals surface area (Å²) < 4.78 is 0. The predicted molar refractivity (Wildman–Crippen MR) is 75.1 cm³/mol. The summed E-state index contributed by atoms with van der Waals surface area (Å²) in [5.74, 6) is -0.933. The van der Waals surface area contributed by atoms with Crippen LogP contribution in [-0.2, 0) is 26.7 Å². The zero-order chi connectivity index (χ0) is 15.1. The molecule has 7 nitrogen and oxygen atoms in total. The Balaban J connectivity index is -0.000000277. The third kappa shape index (κ3) is 19.8. The Morgan fingerprint density at radius 2 is 1.45 bits per heavy atom. The number of hydrogen-bond donors (Lipinski definition) is 5. The zero-order valence-corrected chi connectivity index (χ0v) is 12.6. The number of hydrogen-bond acceptors (Lipinski definition) is 6. The minimum atomic E-state index is -0.933. The number of nitrogens with two attached hydrogens (primary N) is 4. The summed E-state index contributed by atoms with van der Waals surface area (Å²) in [7, 11) is 0. The van der Waals surface area contributed by atoms with Crippen LogP contribution in [0.5, 0.6) is 0 Å². The molecule has 0 rings (SSSR count). The Hall–Kier alpha value is -0.501. The van der Waals surface area contributed by atoms with E-state index in [2.05, 4.69) is 0 Å². The maximum Gasteiger partial charge on any atom is 1.00 e. The van der Waals surface area contributed by atoms with E-state index >= 15 is 0 Å². The van der Waals surface area contributed by atoms with Gasteiger partial charge in [-0.15, -0.1) is 0 Å². The third-order valence-electron chi connectivity index (χ3n) is 2.41. The Bertz CT molecular complexity index is 233. The third-order valence-corrected chi connectivity index (χ3v) is 2.41. The van der Waals surface area contributed by atoms with Gasteiger partial charge in [0.2, 0.25) is 0 Å². The molecule has 9 N–H and O–H groups in total. The number of carbonyl (C=O) groups is 1. The molecule has 0 amide bonds. The van der Waals surface area contributed by atoms with Gasteiger partial charge in [0.25, 0.3) is 0 Å². The van der Waals surface area contributed by atoms with Crippen molar-refractivity contribution in [2.75, 3.05) is 13.1 Å². The predicted octanol–water partition coefficient (Wildman–Crippen LogP) is -0.923. The van der Waals surface area contributed by atoms with Crippen LogP contribution in [0.4, 0.5) is 0 Å². The topological polar surface area (TPSA) is 158 Å². The van der Waals surface area contributed by atoms with Crippen LogP contribution in [-0.4, -0.2) is 42.5 Å². The first-order valence-corrected chi connectivity index (χ1v) is 6.51. The van der Waals surface area contributed by atoms with Gasteiger partial charge in [-0.1, -0.05) is 25.3 Å². The van der Waals surface area contributed by atoms with Gasteiger partial charge in [0.15, 0.2) is 0 Å². The summed E-state index contributed by atoms with van der Waals surface area (Å²) in [4.78, 5) is 20.0. The normalized spacial score (nSPS) is 12.4. The van der Waals surface area contributed by atoms with Gasteiger partial charge in [-0.25, -0.2) is 6.29 Å². The van der Waals surface area contributed by atoms with Gasteiger partial charge in [-0.2, -0.15) is 0 Å². The summed E-state index contributed by atoms with van der Waals surface area (Å²) in [6.07, 6.45) is 6.45. The van der Waals surface area contributed by atoms with Crippen molar-refractivity contribution < 1.29 is 31.8 Å². The van der Waals surface area contributed by atoms with Gasteiger partial charge in [0.05, 0.1) is 0 Å². The average molecular weight is 339 g/mol. The fraction of sp³-hybridized carbons (Fsp3) is 0.833. The van der Waals surface area contributed by atoms with E-state index in [0.29, 0.717) is 25.9 Å². The Kier molecular flexibility index (Phi) is 22.7. The van der Waals surface area contributed by atoms with Crippen molar-refractivity contribution in [3.8, 4) is 0 Å². The number of carbonyl (C=O) groups excluding carboxylic acids is 1. The van der Waals surface area contributed by atoms with E-state index < -0.39 is 18.1 Å². The smallest absolute Gasteiger partial charge is 0.540 e.